The molecule has 5 nitrogen and oxygen atoms in total. The number of pyridine rings is 1. The van der Waals surface area contributed by atoms with Crippen molar-refractivity contribution in [3.63, 3.8) is 0 Å². The number of rotatable bonds is 6. The molecule has 0 aliphatic rings. The van der Waals surface area contributed by atoms with Gasteiger partial charge in [0, 0.05) is 56.2 Å². The molecule has 0 N–H and O–H groups in total. The third-order valence-electron chi connectivity index (χ3n) is 11.6. The van der Waals surface area contributed by atoms with Gasteiger partial charge in [0.25, 0.3) is 0 Å². The Morgan fingerprint density at radius 2 is 0.883 bits per heavy atom. The highest BCUT2D eigenvalue weighted by molar-refractivity contribution is 6.08. The zero-order valence-corrected chi connectivity index (χ0v) is 32.2. The summed E-state index contributed by atoms with van der Waals surface area (Å²) in [5, 5.41) is 6.66. The van der Waals surface area contributed by atoms with Crippen molar-refractivity contribution in [3.05, 3.63) is 200 Å². The molecule has 60 heavy (non-hydrogen) atoms. The van der Waals surface area contributed by atoms with Crippen molar-refractivity contribution >= 4 is 54.6 Å². The fraction of sp³-hybridized carbons (Fsp3) is 0. The van der Waals surface area contributed by atoms with Crippen LogP contribution in [0.5, 0.6) is 0 Å². The summed E-state index contributed by atoms with van der Waals surface area (Å²) in [4.78, 5) is 15.3. The van der Waals surface area contributed by atoms with E-state index in [0.29, 0.717) is 5.82 Å². The maximum Gasteiger partial charge on any atom is 0.160 e. The molecule has 0 aliphatic carbocycles. The summed E-state index contributed by atoms with van der Waals surface area (Å²) in [6.07, 6.45) is 3.71. The van der Waals surface area contributed by atoms with Crippen LogP contribution in [-0.2, 0) is 0 Å². The maximum absolute atomic E-state index is 6.24. The van der Waals surface area contributed by atoms with E-state index in [0.717, 1.165) is 111 Å². The van der Waals surface area contributed by atoms with Gasteiger partial charge in [0.1, 0.15) is 22.3 Å². The van der Waals surface area contributed by atoms with Crippen LogP contribution in [0.2, 0.25) is 0 Å². The van der Waals surface area contributed by atoms with Gasteiger partial charge >= 0.3 is 0 Å². The molecule has 0 bridgehead atoms. The minimum atomic E-state index is 0.629. The summed E-state index contributed by atoms with van der Waals surface area (Å²) in [5.41, 5.74) is 14.4. The highest BCUT2D eigenvalue weighted by atomic mass is 16.3. The molecule has 0 fully saturated rings. The number of nitrogens with zero attached hydrogens (tertiary/aromatic N) is 3. The number of benzene rings is 8. The molecule has 0 saturated heterocycles. The fourth-order valence-corrected chi connectivity index (χ4v) is 8.59. The minimum Gasteiger partial charge on any atom is -0.456 e. The van der Waals surface area contributed by atoms with E-state index in [9.17, 15) is 0 Å². The summed E-state index contributed by atoms with van der Waals surface area (Å²) in [6, 6.07) is 65.6. The third kappa shape index (κ3) is 5.83. The van der Waals surface area contributed by atoms with E-state index in [1.807, 2.05) is 36.5 Å². The van der Waals surface area contributed by atoms with Crippen LogP contribution in [0.1, 0.15) is 0 Å². The van der Waals surface area contributed by atoms with Crippen molar-refractivity contribution in [2.24, 2.45) is 0 Å². The average Bonchev–Trinajstić information content (AvgIpc) is 3.89. The van der Waals surface area contributed by atoms with Gasteiger partial charge in [0.05, 0.1) is 11.4 Å². The van der Waals surface area contributed by atoms with Crippen LogP contribution in [0, 0.1) is 0 Å². The second kappa shape index (κ2) is 13.8. The van der Waals surface area contributed by atoms with Crippen molar-refractivity contribution < 1.29 is 8.83 Å². The zero-order chi connectivity index (χ0) is 39.6. The van der Waals surface area contributed by atoms with E-state index < -0.39 is 0 Å². The van der Waals surface area contributed by atoms with Gasteiger partial charge in [-0.2, -0.15) is 0 Å². The molecule has 0 saturated carbocycles. The largest absolute Gasteiger partial charge is 0.456 e. The number of para-hydroxylation sites is 2. The summed E-state index contributed by atoms with van der Waals surface area (Å²) in [7, 11) is 0. The van der Waals surface area contributed by atoms with Gasteiger partial charge in [-0.1, -0.05) is 115 Å². The topological polar surface area (TPSA) is 65.0 Å². The Morgan fingerprint density at radius 1 is 0.317 bits per heavy atom. The smallest absolute Gasteiger partial charge is 0.160 e. The van der Waals surface area contributed by atoms with Gasteiger partial charge in [0.15, 0.2) is 5.82 Å². The highest BCUT2D eigenvalue weighted by Gasteiger charge is 2.18. The molecule has 0 radical (unpaired) electrons. The normalized spacial score (nSPS) is 11.7. The van der Waals surface area contributed by atoms with Crippen molar-refractivity contribution in [1.82, 2.24) is 15.0 Å². The quantitative estimate of drug-likeness (QED) is 0.169. The molecule has 0 aliphatic heterocycles. The molecular formula is C55H33N3O2. The number of aromatic nitrogens is 3. The minimum absolute atomic E-state index is 0.629. The number of fused-ring (bicyclic) bond motifs is 7. The first kappa shape index (κ1) is 33.9. The third-order valence-corrected chi connectivity index (χ3v) is 11.6. The second-order valence-corrected chi connectivity index (χ2v) is 15.2. The van der Waals surface area contributed by atoms with E-state index in [1.165, 1.54) is 5.39 Å². The maximum atomic E-state index is 6.24. The number of hydrogen-bond donors (Lipinski definition) is 0. The molecule has 4 heterocycles. The molecule has 280 valence electrons. The Kier molecular flexibility index (Phi) is 7.78. The lowest BCUT2D eigenvalue weighted by Gasteiger charge is -2.15. The first-order valence-corrected chi connectivity index (χ1v) is 20.1. The Balaban J connectivity index is 1.11. The molecule has 0 unspecified atom stereocenters. The predicted molar refractivity (Wildman–Crippen MR) is 245 cm³/mol. The standard InChI is InChI=1S/C55H33N3O2/c1-2-11-35-26-38(20-19-34(35)10-1)49-32-50(44-14-4-3-13-43(44)39-12-9-25-56-33-39)58-55(57-49)42-28-40(36-21-23-53-47(30-36)45-15-5-7-17-51(45)59-53)27-41(29-42)37-22-24-54-48(31-37)46-16-6-8-18-52(46)60-54/h1-33H. The van der Waals surface area contributed by atoms with Crippen LogP contribution in [0.15, 0.2) is 209 Å². The van der Waals surface area contributed by atoms with E-state index >= 15 is 0 Å². The van der Waals surface area contributed by atoms with Crippen molar-refractivity contribution in [1.29, 1.82) is 0 Å². The zero-order valence-electron chi connectivity index (χ0n) is 32.2. The first-order chi connectivity index (χ1) is 29.7. The van der Waals surface area contributed by atoms with Gasteiger partial charge in [-0.25, -0.2) is 9.97 Å². The lowest BCUT2D eigenvalue weighted by Crippen LogP contribution is -1.98. The monoisotopic (exact) mass is 767 g/mol. The summed E-state index contributed by atoms with van der Waals surface area (Å²) in [6.45, 7) is 0. The van der Waals surface area contributed by atoms with Crippen molar-refractivity contribution in [2.45, 2.75) is 0 Å². The fourth-order valence-electron chi connectivity index (χ4n) is 8.59. The molecule has 0 spiro atoms. The Labute approximate surface area is 344 Å². The molecule has 12 rings (SSSR count). The summed E-state index contributed by atoms with van der Waals surface area (Å²) in [5.74, 6) is 0.629. The molecule has 12 aromatic rings. The van der Waals surface area contributed by atoms with Crippen LogP contribution in [-0.4, -0.2) is 15.0 Å². The molecule has 0 amide bonds. The van der Waals surface area contributed by atoms with Gasteiger partial charge in [0.2, 0.25) is 0 Å². The van der Waals surface area contributed by atoms with Gasteiger partial charge in [-0.05, 0) is 111 Å². The Bertz CT molecular complexity index is 3490. The van der Waals surface area contributed by atoms with Crippen LogP contribution < -0.4 is 0 Å². The Morgan fingerprint density at radius 3 is 1.57 bits per heavy atom. The first-order valence-electron chi connectivity index (χ1n) is 20.1. The van der Waals surface area contributed by atoms with E-state index in [1.54, 1.807) is 6.20 Å². The van der Waals surface area contributed by atoms with Gasteiger partial charge < -0.3 is 8.83 Å². The average molecular weight is 768 g/mol. The lowest BCUT2D eigenvalue weighted by molar-refractivity contribution is 0.668. The number of furan rings is 2. The Hall–Kier alpha value is -8.15. The summed E-state index contributed by atoms with van der Waals surface area (Å²) < 4.78 is 12.5. The van der Waals surface area contributed by atoms with E-state index in [-0.39, 0.29) is 0 Å². The van der Waals surface area contributed by atoms with Gasteiger partial charge in [-0.15, -0.1) is 0 Å². The van der Waals surface area contributed by atoms with Crippen molar-refractivity contribution in [2.75, 3.05) is 0 Å². The van der Waals surface area contributed by atoms with Crippen LogP contribution in [0.3, 0.4) is 0 Å². The molecular weight excluding hydrogens is 735 g/mol. The van der Waals surface area contributed by atoms with E-state index in [2.05, 4.69) is 163 Å². The predicted octanol–water partition coefficient (Wildman–Crippen LogP) is 14.8. The lowest BCUT2D eigenvalue weighted by atomic mass is 9.94. The molecule has 5 heteroatoms. The summed E-state index contributed by atoms with van der Waals surface area (Å²) >= 11 is 0. The highest BCUT2D eigenvalue weighted by Crippen LogP contribution is 2.40. The van der Waals surface area contributed by atoms with Crippen molar-refractivity contribution in [3.8, 4) is 67.3 Å². The van der Waals surface area contributed by atoms with Crippen LogP contribution in [0.25, 0.3) is 122 Å². The SMILES string of the molecule is c1cncc(-c2ccccc2-c2cc(-c3ccc4ccccc4c3)nc(-c3cc(-c4ccc5oc6ccccc6c5c4)cc(-c4ccc5oc6ccccc6c5c4)c3)n2)c1. The molecule has 0 atom stereocenters. The van der Waals surface area contributed by atoms with Gasteiger partial charge in [-0.3, -0.25) is 4.98 Å². The van der Waals surface area contributed by atoms with Crippen LogP contribution >= 0.6 is 0 Å². The van der Waals surface area contributed by atoms with E-state index in [4.69, 9.17) is 18.8 Å². The van der Waals surface area contributed by atoms with Crippen LogP contribution in [0.4, 0.5) is 0 Å². The number of hydrogen-bond acceptors (Lipinski definition) is 5. The second-order valence-electron chi connectivity index (χ2n) is 15.2. The molecule has 8 aromatic carbocycles. The molecule has 4 aromatic heterocycles.